The molecule has 1 fully saturated rings. The number of carboxylic acid groups (broad SMARTS) is 1. The van der Waals surface area contributed by atoms with Gasteiger partial charge in [0.2, 0.25) is 0 Å². The van der Waals surface area contributed by atoms with Crippen molar-refractivity contribution in [2.24, 2.45) is 0 Å². The van der Waals surface area contributed by atoms with E-state index in [9.17, 15) is 4.79 Å². The van der Waals surface area contributed by atoms with Crippen LogP contribution in [0, 0.1) is 0 Å². The highest BCUT2D eigenvalue weighted by Crippen LogP contribution is 2.35. The van der Waals surface area contributed by atoms with Gasteiger partial charge in [-0.25, -0.2) is 4.79 Å². The lowest BCUT2D eigenvalue weighted by atomic mass is 10.1. The van der Waals surface area contributed by atoms with Crippen molar-refractivity contribution in [3.8, 4) is 0 Å². The molecule has 20 heavy (non-hydrogen) atoms. The Balaban J connectivity index is 1.77. The lowest BCUT2D eigenvalue weighted by Gasteiger charge is -2.23. The summed E-state index contributed by atoms with van der Waals surface area (Å²) in [4.78, 5) is 14.9. The van der Waals surface area contributed by atoms with E-state index < -0.39 is 5.97 Å². The summed E-state index contributed by atoms with van der Waals surface area (Å²) >= 11 is 1.81. The third-order valence-corrected chi connectivity index (χ3v) is 4.77. The van der Waals surface area contributed by atoms with E-state index in [4.69, 9.17) is 5.11 Å². The minimum absolute atomic E-state index is 0.370. The molecule has 1 aromatic heterocycles. The highest BCUT2D eigenvalue weighted by atomic mass is 32.1. The van der Waals surface area contributed by atoms with Gasteiger partial charge >= 0.3 is 5.97 Å². The quantitative estimate of drug-likeness (QED) is 0.930. The van der Waals surface area contributed by atoms with Crippen LogP contribution in [0.3, 0.4) is 0 Å². The summed E-state index contributed by atoms with van der Waals surface area (Å²) in [5, 5.41) is 11.2. The summed E-state index contributed by atoms with van der Waals surface area (Å²) in [5.74, 6) is -0.858. The first-order valence-electron chi connectivity index (χ1n) is 6.84. The Morgan fingerprint density at radius 2 is 2.25 bits per heavy atom. The van der Waals surface area contributed by atoms with Gasteiger partial charge in [-0.05, 0) is 48.5 Å². The predicted molar refractivity (Wildman–Crippen MR) is 80.1 cm³/mol. The first-order chi connectivity index (χ1) is 9.74. The molecule has 1 aliphatic rings. The van der Waals surface area contributed by atoms with Crippen LogP contribution in [0.25, 0.3) is 0 Å². The molecular formula is C16H17NO2S. The van der Waals surface area contributed by atoms with Crippen molar-refractivity contribution >= 4 is 17.3 Å². The summed E-state index contributed by atoms with van der Waals surface area (Å²) in [5.41, 5.74) is 1.45. The maximum Gasteiger partial charge on any atom is 0.335 e. The standard InChI is InChI=1S/C16H17NO2S/c18-16(19)13-5-1-4-12(10-13)11-17-8-2-6-14(17)15-7-3-9-20-15/h1,3-5,7,9-10,14H,2,6,8,11H2,(H,18,19). The van der Waals surface area contributed by atoms with Crippen molar-refractivity contribution < 1.29 is 9.90 Å². The predicted octanol–water partition coefficient (Wildman–Crippen LogP) is 3.78. The Morgan fingerprint density at radius 1 is 1.35 bits per heavy atom. The number of carboxylic acids is 1. The van der Waals surface area contributed by atoms with Gasteiger partial charge in [0, 0.05) is 17.5 Å². The van der Waals surface area contributed by atoms with Crippen molar-refractivity contribution in [3.05, 3.63) is 57.8 Å². The van der Waals surface area contributed by atoms with Crippen molar-refractivity contribution in [1.82, 2.24) is 4.90 Å². The first kappa shape index (κ1) is 13.3. The fourth-order valence-corrected chi connectivity index (χ4v) is 3.75. The van der Waals surface area contributed by atoms with Gasteiger partial charge in [0.15, 0.2) is 0 Å². The minimum Gasteiger partial charge on any atom is -0.478 e. The molecule has 3 nitrogen and oxygen atoms in total. The maximum absolute atomic E-state index is 11.0. The third-order valence-electron chi connectivity index (χ3n) is 3.79. The number of nitrogens with zero attached hydrogens (tertiary/aromatic N) is 1. The van der Waals surface area contributed by atoms with E-state index in [1.807, 2.05) is 12.1 Å². The van der Waals surface area contributed by atoms with Crippen LogP contribution in [-0.4, -0.2) is 22.5 Å². The Kier molecular flexibility index (Phi) is 3.85. The molecular weight excluding hydrogens is 270 g/mol. The Morgan fingerprint density at radius 3 is 3.00 bits per heavy atom. The summed E-state index contributed by atoms with van der Waals surface area (Å²) < 4.78 is 0. The van der Waals surface area contributed by atoms with Crippen LogP contribution in [0.15, 0.2) is 41.8 Å². The number of aromatic carboxylic acids is 1. The van der Waals surface area contributed by atoms with Crippen molar-refractivity contribution in [2.75, 3.05) is 6.54 Å². The molecule has 1 aromatic carbocycles. The van der Waals surface area contributed by atoms with E-state index in [-0.39, 0.29) is 0 Å². The van der Waals surface area contributed by atoms with Crippen LogP contribution in [0.2, 0.25) is 0 Å². The molecule has 104 valence electrons. The second-order valence-electron chi connectivity index (χ2n) is 5.15. The van der Waals surface area contributed by atoms with E-state index in [0.29, 0.717) is 11.6 Å². The van der Waals surface area contributed by atoms with E-state index in [1.54, 1.807) is 23.5 Å². The number of carbonyl (C=O) groups is 1. The van der Waals surface area contributed by atoms with Gasteiger partial charge in [-0.15, -0.1) is 11.3 Å². The van der Waals surface area contributed by atoms with Gasteiger partial charge < -0.3 is 5.11 Å². The molecule has 1 atom stereocenters. The Bertz CT molecular complexity index is 594. The first-order valence-corrected chi connectivity index (χ1v) is 7.72. The molecule has 0 radical (unpaired) electrons. The number of likely N-dealkylation sites (tertiary alicyclic amines) is 1. The molecule has 1 aliphatic heterocycles. The zero-order valence-electron chi connectivity index (χ0n) is 11.2. The number of hydrogen-bond donors (Lipinski definition) is 1. The van der Waals surface area contributed by atoms with Gasteiger partial charge in [-0.3, -0.25) is 4.90 Å². The van der Waals surface area contributed by atoms with Gasteiger partial charge in [-0.2, -0.15) is 0 Å². The molecule has 0 amide bonds. The van der Waals surface area contributed by atoms with Crippen LogP contribution in [0.5, 0.6) is 0 Å². The highest BCUT2D eigenvalue weighted by Gasteiger charge is 2.26. The molecule has 1 N–H and O–H groups in total. The van der Waals surface area contributed by atoms with Crippen LogP contribution < -0.4 is 0 Å². The number of hydrogen-bond acceptors (Lipinski definition) is 3. The number of rotatable bonds is 4. The van der Waals surface area contributed by atoms with Crippen LogP contribution >= 0.6 is 11.3 Å². The molecule has 4 heteroatoms. The molecule has 0 bridgehead atoms. The molecule has 0 aliphatic carbocycles. The van der Waals surface area contributed by atoms with Gasteiger partial charge in [-0.1, -0.05) is 18.2 Å². The summed E-state index contributed by atoms with van der Waals surface area (Å²) in [6.07, 6.45) is 2.40. The summed E-state index contributed by atoms with van der Waals surface area (Å²) in [7, 11) is 0. The lowest BCUT2D eigenvalue weighted by Crippen LogP contribution is -2.22. The molecule has 2 heterocycles. The van der Waals surface area contributed by atoms with Crippen molar-refractivity contribution in [2.45, 2.75) is 25.4 Å². The monoisotopic (exact) mass is 287 g/mol. The maximum atomic E-state index is 11.0. The molecule has 0 saturated carbocycles. The molecule has 1 saturated heterocycles. The van der Waals surface area contributed by atoms with Crippen molar-refractivity contribution in [3.63, 3.8) is 0 Å². The molecule has 1 unspecified atom stereocenters. The van der Waals surface area contributed by atoms with Gasteiger partial charge in [0.25, 0.3) is 0 Å². The highest BCUT2D eigenvalue weighted by molar-refractivity contribution is 7.10. The summed E-state index contributed by atoms with van der Waals surface area (Å²) in [6, 6.07) is 12.1. The van der Waals surface area contributed by atoms with E-state index in [0.717, 1.165) is 18.7 Å². The van der Waals surface area contributed by atoms with Gasteiger partial charge in [0.1, 0.15) is 0 Å². The van der Waals surface area contributed by atoms with Crippen LogP contribution in [0.1, 0.15) is 39.7 Å². The Labute approximate surface area is 122 Å². The minimum atomic E-state index is -0.858. The Hall–Kier alpha value is -1.65. The fraction of sp³-hybridized carbons (Fsp3) is 0.312. The molecule has 2 aromatic rings. The molecule has 3 rings (SSSR count). The largest absolute Gasteiger partial charge is 0.478 e. The zero-order valence-corrected chi connectivity index (χ0v) is 12.0. The van der Waals surface area contributed by atoms with Crippen LogP contribution in [0.4, 0.5) is 0 Å². The number of benzene rings is 1. The van der Waals surface area contributed by atoms with E-state index in [2.05, 4.69) is 22.4 Å². The third kappa shape index (κ3) is 2.76. The zero-order chi connectivity index (χ0) is 13.9. The van der Waals surface area contributed by atoms with Gasteiger partial charge in [0.05, 0.1) is 5.56 Å². The van der Waals surface area contributed by atoms with E-state index in [1.165, 1.54) is 17.7 Å². The fourth-order valence-electron chi connectivity index (χ4n) is 2.86. The lowest BCUT2D eigenvalue weighted by molar-refractivity contribution is 0.0696. The second kappa shape index (κ2) is 5.77. The second-order valence-corrected chi connectivity index (χ2v) is 6.13. The normalized spacial score (nSPS) is 19.3. The summed E-state index contributed by atoms with van der Waals surface area (Å²) in [6.45, 7) is 1.91. The van der Waals surface area contributed by atoms with Crippen molar-refractivity contribution in [1.29, 1.82) is 0 Å². The average Bonchev–Trinajstić information content (AvgIpc) is 3.09. The van der Waals surface area contributed by atoms with E-state index >= 15 is 0 Å². The van der Waals surface area contributed by atoms with Crippen LogP contribution in [-0.2, 0) is 6.54 Å². The SMILES string of the molecule is O=C(O)c1cccc(CN2CCCC2c2cccs2)c1. The average molecular weight is 287 g/mol. The molecule has 0 spiro atoms. The number of thiophene rings is 1. The topological polar surface area (TPSA) is 40.5 Å². The smallest absolute Gasteiger partial charge is 0.335 e.